The van der Waals surface area contributed by atoms with Gasteiger partial charge in [0.2, 0.25) is 0 Å². The number of carbonyl (C=O) groups excluding carboxylic acids is 1. The standard InChI is InChI=1S/C28H26N6O/c29-15-20-4-1-2-6-23(20)18-7-8-19-12-24(31)28(33-25(19)13-18)27(35)14-21-16-32-10-9-26(21)34-11-3-5-22(30)17-34/h1-2,4,6-10,12-13,16,22H,3,5,11,14,17,30-31H2/t22-/m0/s1. The summed E-state index contributed by atoms with van der Waals surface area (Å²) in [4.78, 5) is 24.5. The number of nitrogen functional groups attached to an aromatic ring is 1. The molecule has 0 radical (unpaired) electrons. The fourth-order valence-electron chi connectivity index (χ4n) is 4.76. The number of piperidine rings is 1. The minimum Gasteiger partial charge on any atom is -0.397 e. The lowest BCUT2D eigenvalue weighted by Crippen LogP contribution is -2.43. The van der Waals surface area contributed by atoms with Gasteiger partial charge in [-0.1, -0.05) is 30.3 Å². The summed E-state index contributed by atoms with van der Waals surface area (Å²) in [6, 6.07) is 19.2. The first-order chi connectivity index (χ1) is 17.0. The smallest absolute Gasteiger partial charge is 0.187 e. The van der Waals surface area contributed by atoms with Gasteiger partial charge in [-0.05, 0) is 48.2 Å². The maximum atomic E-state index is 13.4. The molecule has 1 atom stereocenters. The van der Waals surface area contributed by atoms with Crippen molar-refractivity contribution in [3.8, 4) is 17.2 Å². The molecule has 2 aromatic heterocycles. The minimum atomic E-state index is -0.164. The zero-order valence-corrected chi connectivity index (χ0v) is 19.3. The molecule has 4 N–H and O–H groups in total. The number of pyridine rings is 2. The number of ketones is 1. The van der Waals surface area contributed by atoms with Crippen molar-refractivity contribution in [3.63, 3.8) is 0 Å². The Morgan fingerprint density at radius 2 is 2.03 bits per heavy atom. The van der Waals surface area contributed by atoms with Crippen LogP contribution in [-0.2, 0) is 6.42 Å². The van der Waals surface area contributed by atoms with Crippen molar-refractivity contribution >= 4 is 28.1 Å². The molecule has 1 saturated heterocycles. The first-order valence-corrected chi connectivity index (χ1v) is 11.7. The van der Waals surface area contributed by atoms with E-state index >= 15 is 0 Å². The molecule has 0 saturated carbocycles. The number of aromatic nitrogens is 2. The molecule has 1 fully saturated rings. The van der Waals surface area contributed by atoms with Gasteiger partial charge in [-0.3, -0.25) is 9.78 Å². The quantitative estimate of drug-likeness (QED) is 0.428. The van der Waals surface area contributed by atoms with Crippen LogP contribution in [-0.4, -0.2) is 34.9 Å². The van der Waals surface area contributed by atoms with Crippen LogP contribution in [0.2, 0.25) is 0 Å². The maximum absolute atomic E-state index is 13.4. The van der Waals surface area contributed by atoms with E-state index in [1.165, 1.54) is 0 Å². The lowest BCUT2D eigenvalue weighted by molar-refractivity contribution is 0.0989. The van der Waals surface area contributed by atoms with Gasteiger partial charge in [0.1, 0.15) is 5.69 Å². The van der Waals surface area contributed by atoms with Crippen LogP contribution in [0.5, 0.6) is 0 Å². The summed E-state index contributed by atoms with van der Waals surface area (Å²) in [6.45, 7) is 1.66. The molecule has 0 spiro atoms. The Hall–Kier alpha value is -4.28. The van der Waals surface area contributed by atoms with Gasteiger partial charge in [0, 0.05) is 54.6 Å². The predicted molar refractivity (Wildman–Crippen MR) is 138 cm³/mol. The SMILES string of the molecule is N#Cc1ccccc1-c1ccc2cc(N)c(C(=O)Cc3cnccc3N3CCC[C@H](N)C3)nc2c1. The van der Waals surface area contributed by atoms with Crippen LogP contribution >= 0.6 is 0 Å². The van der Waals surface area contributed by atoms with E-state index in [4.69, 9.17) is 11.5 Å². The molecular weight excluding hydrogens is 436 g/mol. The van der Waals surface area contributed by atoms with Gasteiger partial charge in [0.25, 0.3) is 0 Å². The molecular formula is C28H26N6O. The second kappa shape index (κ2) is 9.53. The molecule has 1 aliphatic heterocycles. The Labute approximate surface area is 204 Å². The highest BCUT2D eigenvalue weighted by Crippen LogP contribution is 2.29. The molecule has 3 heterocycles. The molecule has 5 rings (SSSR count). The topological polar surface area (TPSA) is 122 Å². The third-order valence-electron chi connectivity index (χ3n) is 6.50. The number of nitrogens with zero attached hydrogens (tertiary/aromatic N) is 4. The Balaban J connectivity index is 1.48. The molecule has 0 aliphatic carbocycles. The highest BCUT2D eigenvalue weighted by atomic mass is 16.1. The third-order valence-corrected chi connectivity index (χ3v) is 6.50. The van der Waals surface area contributed by atoms with E-state index in [-0.39, 0.29) is 23.9 Å². The molecule has 2 aromatic carbocycles. The monoisotopic (exact) mass is 462 g/mol. The van der Waals surface area contributed by atoms with E-state index < -0.39 is 0 Å². The Bertz CT molecular complexity index is 1460. The number of fused-ring (bicyclic) bond motifs is 1. The summed E-state index contributed by atoms with van der Waals surface area (Å²) in [6.07, 6.45) is 5.66. The van der Waals surface area contributed by atoms with Crippen LogP contribution in [0.15, 0.2) is 67.0 Å². The highest BCUT2D eigenvalue weighted by Gasteiger charge is 2.22. The van der Waals surface area contributed by atoms with Crippen molar-refractivity contribution < 1.29 is 4.79 Å². The van der Waals surface area contributed by atoms with Crippen LogP contribution in [0.3, 0.4) is 0 Å². The second-order valence-electron chi connectivity index (χ2n) is 8.94. The molecule has 1 aliphatic rings. The number of nitriles is 1. The zero-order valence-electron chi connectivity index (χ0n) is 19.3. The van der Waals surface area contributed by atoms with E-state index in [9.17, 15) is 10.1 Å². The lowest BCUT2D eigenvalue weighted by atomic mass is 9.98. The largest absolute Gasteiger partial charge is 0.397 e. The van der Waals surface area contributed by atoms with Gasteiger partial charge in [-0.15, -0.1) is 0 Å². The van der Waals surface area contributed by atoms with Gasteiger partial charge in [0.05, 0.1) is 22.8 Å². The molecule has 0 unspecified atom stereocenters. The van der Waals surface area contributed by atoms with E-state index in [1.54, 1.807) is 24.5 Å². The van der Waals surface area contributed by atoms with E-state index in [1.807, 2.05) is 42.5 Å². The molecule has 4 aromatic rings. The molecule has 0 amide bonds. The number of hydrogen-bond acceptors (Lipinski definition) is 7. The number of nitrogens with two attached hydrogens (primary N) is 2. The summed E-state index contributed by atoms with van der Waals surface area (Å²) in [7, 11) is 0. The number of rotatable bonds is 5. The lowest BCUT2D eigenvalue weighted by Gasteiger charge is -2.33. The van der Waals surface area contributed by atoms with Crippen LogP contribution < -0.4 is 16.4 Å². The molecule has 7 heteroatoms. The van der Waals surface area contributed by atoms with Crippen LogP contribution in [0, 0.1) is 11.3 Å². The fourth-order valence-corrected chi connectivity index (χ4v) is 4.76. The maximum Gasteiger partial charge on any atom is 0.187 e. The van der Waals surface area contributed by atoms with Gasteiger partial charge >= 0.3 is 0 Å². The van der Waals surface area contributed by atoms with E-state index in [2.05, 4.69) is 20.9 Å². The van der Waals surface area contributed by atoms with Gasteiger partial charge in [-0.25, -0.2) is 4.98 Å². The highest BCUT2D eigenvalue weighted by molar-refractivity contribution is 6.03. The summed E-state index contributed by atoms with van der Waals surface area (Å²) in [5.41, 5.74) is 17.8. The fraction of sp³-hybridized carbons (Fsp3) is 0.214. The van der Waals surface area contributed by atoms with Crippen molar-refractivity contribution in [2.24, 2.45) is 5.73 Å². The molecule has 35 heavy (non-hydrogen) atoms. The average molecular weight is 463 g/mol. The van der Waals surface area contributed by atoms with Crippen LogP contribution in [0.1, 0.15) is 34.5 Å². The first kappa shape index (κ1) is 22.5. The Morgan fingerprint density at radius 3 is 2.86 bits per heavy atom. The van der Waals surface area contributed by atoms with Crippen molar-refractivity contribution in [2.75, 3.05) is 23.7 Å². The van der Waals surface area contributed by atoms with Crippen molar-refractivity contribution in [3.05, 3.63) is 83.8 Å². The third kappa shape index (κ3) is 4.57. The average Bonchev–Trinajstić information content (AvgIpc) is 2.88. The zero-order chi connectivity index (χ0) is 24.4. The number of carbonyl (C=O) groups is 1. The molecule has 174 valence electrons. The van der Waals surface area contributed by atoms with Gasteiger partial charge in [-0.2, -0.15) is 5.26 Å². The summed E-state index contributed by atoms with van der Waals surface area (Å²) < 4.78 is 0. The number of anilines is 2. The normalized spacial score (nSPS) is 15.7. The van der Waals surface area contributed by atoms with Crippen molar-refractivity contribution in [1.82, 2.24) is 9.97 Å². The minimum absolute atomic E-state index is 0.124. The second-order valence-corrected chi connectivity index (χ2v) is 8.94. The summed E-state index contributed by atoms with van der Waals surface area (Å²) in [5, 5.41) is 10.3. The predicted octanol–water partition coefficient (Wildman–Crippen LogP) is 4.10. The van der Waals surface area contributed by atoms with E-state index in [0.717, 1.165) is 53.7 Å². The first-order valence-electron chi connectivity index (χ1n) is 11.7. The van der Waals surface area contributed by atoms with Crippen molar-refractivity contribution in [1.29, 1.82) is 5.26 Å². The van der Waals surface area contributed by atoms with Crippen LogP contribution in [0.25, 0.3) is 22.0 Å². The Morgan fingerprint density at radius 1 is 1.17 bits per heavy atom. The number of hydrogen-bond donors (Lipinski definition) is 2. The number of Topliss-reactive ketones (excluding diaryl/α,β-unsaturated/α-hetero) is 1. The van der Waals surface area contributed by atoms with Crippen molar-refractivity contribution in [2.45, 2.75) is 25.3 Å². The van der Waals surface area contributed by atoms with Gasteiger partial charge in [0.15, 0.2) is 5.78 Å². The summed E-state index contributed by atoms with van der Waals surface area (Å²) >= 11 is 0. The Kier molecular flexibility index (Phi) is 6.13. The van der Waals surface area contributed by atoms with Gasteiger partial charge < -0.3 is 16.4 Å². The van der Waals surface area contributed by atoms with E-state index in [0.29, 0.717) is 16.8 Å². The van der Waals surface area contributed by atoms with Crippen LogP contribution in [0.4, 0.5) is 11.4 Å². The number of benzene rings is 2. The molecule has 0 bridgehead atoms. The molecule has 7 nitrogen and oxygen atoms in total. The summed E-state index contributed by atoms with van der Waals surface area (Å²) in [5.74, 6) is -0.164.